The van der Waals surface area contributed by atoms with Crippen molar-refractivity contribution in [1.29, 1.82) is 0 Å². The van der Waals surface area contributed by atoms with Crippen LogP contribution in [0.2, 0.25) is 0 Å². The number of rotatable bonds is 4. The zero-order valence-electron chi connectivity index (χ0n) is 9.98. The third kappa shape index (κ3) is 3.08. The summed E-state index contributed by atoms with van der Waals surface area (Å²) in [5, 5.41) is 13.0. The van der Waals surface area contributed by atoms with Gasteiger partial charge in [-0.1, -0.05) is 42.5 Å². The van der Waals surface area contributed by atoms with Gasteiger partial charge in [-0.05, 0) is 24.1 Å². The van der Waals surface area contributed by atoms with E-state index >= 15 is 0 Å². The summed E-state index contributed by atoms with van der Waals surface area (Å²) in [4.78, 5) is 0. The summed E-state index contributed by atoms with van der Waals surface area (Å²) in [6, 6.07) is 15.7. The highest BCUT2D eigenvalue weighted by Gasteiger charge is 2.00. The zero-order valence-corrected chi connectivity index (χ0v) is 9.98. The van der Waals surface area contributed by atoms with Crippen LogP contribution in [0.5, 0.6) is 5.75 Å². The highest BCUT2D eigenvalue weighted by Crippen LogP contribution is 2.15. The van der Waals surface area contributed by atoms with Gasteiger partial charge in [0.05, 0.1) is 0 Å². The number of hydrogen-bond acceptors (Lipinski definition) is 2. The van der Waals surface area contributed by atoms with E-state index in [1.807, 2.05) is 30.3 Å². The van der Waals surface area contributed by atoms with E-state index in [4.69, 9.17) is 0 Å². The minimum absolute atomic E-state index is 0.352. The number of phenolic OH excluding ortho intramolecular Hbond substituents is 1. The molecular weight excluding hydrogens is 210 g/mol. The van der Waals surface area contributed by atoms with Gasteiger partial charge in [0, 0.05) is 18.7 Å². The van der Waals surface area contributed by atoms with Crippen LogP contribution in [0.3, 0.4) is 0 Å². The maximum atomic E-state index is 9.62. The van der Waals surface area contributed by atoms with Crippen molar-refractivity contribution < 1.29 is 5.11 Å². The molecule has 0 aliphatic rings. The van der Waals surface area contributed by atoms with Crippen LogP contribution in [0.25, 0.3) is 0 Å². The summed E-state index contributed by atoms with van der Waals surface area (Å²) in [6.07, 6.45) is 0. The lowest BCUT2D eigenvalue weighted by atomic mass is 10.1. The molecule has 0 atom stereocenters. The van der Waals surface area contributed by atoms with Crippen molar-refractivity contribution in [1.82, 2.24) is 5.32 Å². The summed E-state index contributed by atoms with van der Waals surface area (Å²) in [5.74, 6) is 0.352. The van der Waals surface area contributed by atoms with E-state index < -0.39 is 0 Å². The van der Waals surface area contributed by atoms with Crippen molar-refractivity contribution in [2.24, 2.45) is 0 Å². The average Bonchev–Trinajstić information content (AvgIpc) is 2.34. The fourth-order valence-corrected chi connectivity index (χ4v) is 1.80. The average molecular weight is 227 g/mol. The largest absolute Gasteiger partial charge is 0.508 e. The van der Waals surface area contributed by atoms with Crippen molar-refractivity contribution in [3.63, 3.8) is 0 Å². The molecule has 0 aliphatic carbocycles. The maximum absolute atomic E-state index is 9.62. The number of aromatic hydroxyl groups is 1. The molecule has 2 aromatic rings. The Hall–Kier alpha value is -1.80. The molecule has 0 aromatic heterocycles. The number of nitrogens with one attached hydrogen (secondary N) is 1. The van der Waals surface area contributed by atoms with Crippen LogP contribution in [0, 0.1) is 6.92 Å². The molecule has 2 rings (SSSR count). The first-order chi connectivity index (χ1) is 8.27. The number of benzene rings is 2. The number of phenols is 1. The lowest BCUT2D eigenvalue weighted by Gasteiger charge is -2.08. The Bertz CT molecular complexity index is 448. The Kier molecular flexibility index (Phi) is 3.78. The molecule has 0 spiro atoms. The Morgan fingerprint density at radius 3 is 2.18 bits per heavy atom. The summed E-state index contributed by atoms with van der Waals surface area (Å²) >= 11 is 0. The van der Waals surface area contributed by atoms with Crippen LogP contribution in [0.15, 0.2) is 48.5 Å². The van der Waals surface area contributed by atoms with E-state index in [0.29, 0.717) is 12.3 Å². The van der Waals surface area contributed by atoms with Crippen molar-refractivity contribution >= 4 is 0 Å². The number of hydrogen-bond donors (Lipinski definition) is 2. The first kappa shape index (κ1) is 11.7. The number of para-hydroxylation sites is 1. The van der Waals surface area contributed by atoms with E-state index in [9.17, 15) is 5.11 Å². The Morgan fingerprint density at radius 2 is 1.47 bits per heavy atom. The fraction of sp³-hybridized carbons (Fsp3) is 0.200. The molecular formula is C15H17NO. The molecule has 2 N–H and O–H groups in total. The van der Waals surface area contributed by atoms with Gasteiger partial charge in [0.2, 0.25) is 0 Å². The third-order valence-electron chi connectivity index (χ3n) is 2.88. The van der Waals surface area contributed by atoms with E-state index in [-0.39, 0.29) is 0 Å². The smallest absolute Gasteiger partial charge is 0.120 e. The molecule has 0 radical (unpaired) electrons. The van der Waals surface area contributed by atoms with Gasteiger partial charge in [-0.15, -0.1) is 0 Å². The van der Waals surface area contributed by atoms with Gasteiger partial charge in [0.1, 0.15) is 5.75 Å². The highest BCUT2D eigenvalue weighted by atomic mass is 16.3. The van der Waals surface area contributed by atoms with E-state index in [0.717, 1.165) is 12.1 Å². The molecule has 2 aromatic carbocycles. The predicted molar refractivity (Wildman–Crippen MR) is 69.8 cm³/mol. The lowest BCUT2D eigenvalue weighted by Crippen LogP contribution is -2.13. The normalized spacial score (nSPS) is 10.4. The molecule has 0 bridgehead atoms. The second-order valence-corrected chi connectivity index (χ2v) is 4.16. The summed E-state index contributed by atoms with van der Waals surface area (Å²) in [5.41, 5.74) is 3.52. The van der Waals surface area contributed by atoms with Crippen molar-refractivity contribution in [3.8, 4) is 5.75 Å². The summed E-state index contributed by atoms with van der Waals surface area (Å²) in [6.45, 7) is 3.61. The zero-order chi connectivity index (χ0) is 12.1. The summed E-state index contributed by atoms with van der Waals surface area (Å²) in [7, 11) is 0. The van der Waals surface area contributed by atoms with Gasteiger partial charge in [0.15, 0.2) is 0 Å². The van der Waals surface area contributed by atoms with Crippen molar-refractivity contribution in [2.75, 3.05) is 0 Å². The second kappa shape index (κ2) is 5.51. The van der Waals surface area contributed by atoms with E-state index in [1.54, 1.807) is 6.07 Å². The molecule has 0 aliphatic heterocycles. The van der Waals surface area contributed by atoms with Gasteiger partial charge in [0.25, 0.3) is 0 Å². The van der Waals surface area contributed by atoms with Crippen LogP contribution in [-0.4, -0.2) is 5.11 Å². The minimum atomic E-state index is 0.352. The standard InChI is InChI=1S/C15H17NO/c1-12-6-2-3-7-13(12)10-16-11-14-8-4-5-9-15(14)17/h2-9,16-17H,10-11H2,1H3. The molecule has 0 fully saturated rings. The molecule has 88 valence electrons. The topological polar surface area (TPSA) is 32.3 Å². The van der Waals surface area contributed by atoms with Gasteiger partial charge >= 0.3 is 0 Å². The first-order valence-electron chi connectivity index (χ1n) is 5.79. The Morgan fingerprint density at radius 1 is 0.882 bits per heavy atom. The first-order valence-corrected chi connectivity index (χ1v) is 5.79. The van der Waals surface area contributed by atoms with Crippen molar-refractivity contribution in [2.45, 2.75) is 20.0 Å². The molecule has 2 heteroatoms. The predicted octanol–water partition coefficient (Wildman–Crippen LogP) is 2.99. The highest BCUT2D eigenvalue weighted by molar-refractivity contribution is 5.31. The summed E-state index contributed by atoms with van der Waals surface area (Å²) < 4.78 is 0. The van der Waals surface area contributed by atoms with Crippen LogP contribution in [0.4, 0.5) is 0 Å². The fourth-order valence-electron chi connectivity index (χ4n) is 1.80. The van der Waals surface area contributed by atoms with Crippen LogP contribution >= 0.6 is 0 Å². The number of aryl methyl sites for hydroxylation is 1. The monoisotopic (exact) mass is 227 g/mol. The SMILES string of the molecule is Cc1ccccc1CNCc1ccccc1O. The third-order valence-corrected chi connectivity index (χ3v) is 2.88. The molecule has 0 amide bonds. The van der Waals surface area contributed by atoms with Crippen molar-refractivity contribution in [3.05, 3.63) is 65.2 Å². The Labute approximate surface area is 102 Å². The maximum Gasteiger partial charge on any atom is 0.120 e. The lowest BCUT2D eigenvalue weighted by molar-refractivity contribution is 0.464. The van der Waals surface area contributed by atoms with Crippen LogP contribution in [0.1, 0.15) is 16.7 Å². The molecule has 0 unspecified atom stereocenters. The second-order valence-electron chi connectivity index (χ2n) is 4.16. The van der Waals surface area contributed by atoms with Gasteiger partial charge in [-0.25, -0.2) is 0 Å². The van der Waals surface area contributed by atoms with Gasteiger partial charge in [-0.2, -0.15) is 0 Å². The molecule has 17 heavy (non-hydrogen) atoms. The van der Waals surface area contributed by atoms with Gasteiger partial charge < -0.3 is 10.4 Å². The quantitative estimate of drug-likeness (QED) is 0.841. The molecule has 2 nitrogen and oxygen atoms in total. The Balaban J connectivity index is 1.93. The van der Waals surface area contributed by atoms with Gasteiger partial charge in [-0.3, -0.25) is 0 Å². The molecule has 0 saturated heterocycles. The van der Waals surface area contributed by atoms with E-state index in [1.165, 1.54) is 11.1 Å². The molecule has 0 heterocycles. The van der Waals surface area contributed by atoms with Crippen LogP contribution < -0.4 is 5.32 Å². The molecule has 0 saturated carbocycles. The van der Waals surface area contributed by atoms with E-state index in [2.05, 4.69) is 24.4 Å². The van der Waals surface area contributed by atoms with Crippen LogP contribution in [-0.2, 0) is 13.1 Å². The minimum Gasteiger partial charge on any atom is -0.508 e.